The first-order chi connectivity index (χ1) is 7.90. The molecule has 0 heterocycles. The first-order valence-electron chi connectivity index (χ1n) is 5.59. The van der Waals surface area contributed by atoms with Gasteiger partial charge in [-0.15, -0.1) is 0 Å². The van der Waals surface area contributed by atoms with E-state index in [1.54, 1.807) is 7.05 Å². The van der Waals surface area contributed by atoms with Crippen molar-refractivity contribution in [2.45, 2.75) is 26.7 Å². The normalized spacial score (nSPS) is 10.9. The third-order valence-electron chi connectivity index (χ3n) is 2.76. The number of ketones is 1. The molecular weight excluding hydrogens is 282 g/mol. The molecule has 2 N–H and O–H groups in total. The predicted molar refractivity (Wildman–Crippen MR) is 72.9 cm³/mol. The third-order valence-corrected chi connectivity index (χ3v) is 3.59. The molecule has 0 atom stereocenters. The maximum Gasteiger partial charge on any atom is 0.180 e. The van der Waals surface area contributed by atoms with Gasteiger partial charge in [0.15, 0.2) is 5.78 Å². The maximum atomic E-state index is 12.0. The highest BCUT2D eigenvalue weighted by Crippen LogP contribution is 2.35. The van der Waals surface area contributed by atoms with Crippen LogP contribution in [0.3, 0.4) is 0 Å². The minimum Gasteiger partial charge on any atom is -0.507 e. The minimum absolute atomic E-state index is 0.0919. The van der Waals surface area contributed by atoms with Gasteiger partial charge in [-0.3, -0.25) is 4.79 Å². The van der Waals surface area contributed by atoms with Gasteiger partial charge in [0.25, 0.3) is 0 Å². The molecule has 17 heavy (non-hydrogen) atoms. The van der Waals surface area contributed by atoms with Crippen molar-refractivity contribution in [3.05, 3.63) is 27.2 Å². The maximum absolute atomic E-state index is 12.0. The summed E-state index contributed by atoms with van der Waals surface area (Å²) in [7, 11) is 1.71. The highest BCUT2D eigenvalue weighted by molar-refractivity contribution is 9.10. The fourth-order valence-corrected chi connectivity index (χ4v) is 2.23. The summed E-state index contributed by atoms with van der Waals surface area (Å²) in [6.45, 7) is 6.03. The number of carbonyl (C=O) groups excluding carboxylic acids is 1. The molecule has 0 fully saturated rings. The molecule has 0 spiro atoms. The number of carbonyl (C=O) groups is 1. The number of benzene rings is 1. The van der Waals surface area contributed by atoms with Gasteiger partial charge in [-0.1, -0.05) is 29.8 Å². The molecule has 0 bridgehead atoms. The molecule has 0 aliphatic heterocycles. The van der Waals surface area contributed by atoms with E-state index in [2.05, 4.69) is 21.2 Å². The van der Waals surface area contributed by atoms with Crippen molar-refractivity contribution in [1.82, 2.24) is 5.32 Å². The number of hydrogen-bond acceptors (Lipinski definition) is 3. The summed E-state index contributed by atoms with van der Waals surface area (Å²) in [5, 5.41) is 13.0. The number of hydrogen-bond donors (Lipinski definition) is 2. The second kappa shape index (κ2) is 5.65. The summed E-state index contributed by atoms with van der Waals surface area (Å²) in [5.74, 6) is 0.194. The average molecular weight is 300 g/mol. The Bertz CT molecular complexity index is 442. The molecule has 1 aromatic carbocycles. The first-order valence-corrected chi connectivity index (χ1v) is 6.39. The number of halogens is 1. The number of nitrogens with one attached hydrogen (secondary N) is 1. The topological polar surface area (TPSA) is 49.3 Å². The summed E-state index contributed by atoms with van der Waals surface area (Å²) in [5.41, 5.74) is 1.99. The molecule has 0 amide bonds. The molecule has 0 saturated heterocycles. The molecule has 3 nitrogen and oxygen atoms in total. The summed E-state index contributed by atoms with van der Waals surface area (Å²) in [4.78, 5) is 12.0. The van der Waals surface area contributed by atoms with Crippen molar-refractivity contribution in [2.24, 2.45) is 0 Å². The lowest BCUT2D eigenvalue weighted by Crippen LogP contribution is -2.20. The van der Waals surface area contributed by atoms with Crippen LogP contribution in [-0.2, 0) is 0 Å². The Morgan fingerprint density at radius 3 is 2.59 bits per heavy atom. The number of phenols is 1. The number of aromatic hydroxyl groups is 1. The van der Waals surface area contributed by atoms with E-state index >= 15 is 0 Å². The largest absolute Gasteiger partial charge is 0.507 e. The van der Waals surface area contributed by atoms with Crippen molar-refractivity contribution in [2.75, 3.05) is 13.6 Å². The van der Waals surface area contributed by atoms with E-state index in [0.29, 0.717) is 5.56 Å². The van der Waals surface area contributed by atoms with Crippen LogP contribution in [0.25, 0.3) is 0 Å². The zero-order valence-corrected chi connectivity index (χ0v) is 12.2. The lowest BCUT2D eigenvalue weighted by molar-refractivity contribution is 0.0990. The molecule has 0 radical (unpaired) electrons. The van der Waals surface area contributed by atoms with E-state index in [1.807, 2.05) is 26.8 Å². The Balaban J connectivity index is 3.41. The van der Waals surface area contributed by atoms with Crippen LogP contribution in [0.15, 0.2) is 10.5 Å². The van der Waals surface area contributed by atoms with E-state index in [1.165, 1.54) is 0 Å². The van der Waals surface area contributed by atoms with Crippen molar-refractivity contribution in [3.8, 4) is 5.75 Å². The fraction of sp³-hybridized carbons (Fsp3) is 0.462. The molecule has 0 aliphatic carbocycles. The van der Waals surface area contributed by atoms with Crippen molar-refractivity contribution < 1.29 is 9.90 Å². The Morgan fingerprint density at radius 1 is 1.53 bits per heavy atom. The van der Waals surface area contributed by atoms with Crippen LogP contribution >= 0.6 is 15.9 Å². The second-order valence-corrected chi connectivity index (χ2v) is 5.26. The van der Waals surface area contributed by atoms with E-state index in [9.17, 15) is 9.90 Å². The van der Waals surface area contributed by atoms with E-state index < -0.39 is 0 Å². The molecule has 1 aromatic rings. The molecule has 0 unspecified atom stereocenters. The first kappa shape index (κ1) is 14.2. The minimum atomic E-state index is -0.0919. The third kappa shape index (κ3) is 2.87. The van der Waals surface area contributed by atoms with Crippen LogP contribution in [-0.4, -0.2) is 24.5 Å². The standard InChI is InChI=1S/C13H18BrNO2/c1-7(2)9-5-10(14)8(3)12(13(9)17)11(16)6-15-4/h5,7,15,17H,6H2,1-4H3. The summed E-state index contributed by atoms with van der Waals surface area (Å²) in [6.07, 6.45) is 0. The van der Waals surface area contributed by atoms with Gasteiger partial charge >= 0.3 is 0 Å². The zero-order valence-electron chi connectivity index (χ0n) is 10.6. The van der Waals surface area contributed by atoms with E-state index in [-0.39, 0.29) is 24.0 Å². The fourth-order valence-electron chi connectivity index (χ4n) is 1.78. The molecule has 1 rings (SSSR count). The Kier molecular flexibility index (Phi) is 4.71. The molecular formula is C13H18BrNO2. The van der Waals surface area contributed by atoms with E-state index in [4.69, 9.17) is 0 Å². The predicted octanol–water partition coefficient (Wildman–Crippen LogP) is 2.99. The average Bonchev–Trinajstić information content (AvgIpc) is 2.23. The Labute approximate surface area is 110 Å². The van der Waals surface area contributed by atoms with Crippen LogP contribution in [0, 0.1) is 6.92 Å². The smallest absolute Gasteiger partial charge is 0.180 e. The van der Waals surface area contributed by atoms with Crippen molar-refractivity contribution in [1.29, 1.82) is 0 Å². The van der Waals surface area contributed by atoms with Crippen LogP contribution in [0.2, 0.25) is 0 Å². The molecule has 4 heteroatoms. The van der Waals surface area contributed by atoms with Gasteiger partial charge in [0.2, 0.25) is 0 Å². The van der Waals surface area contributed by atoms with E-state index in [0.717, 1.165) is 15.6 Å². The van der Waals surface area contributed by atoms with Crippen LogP contribution in [0.1, 0.15) is 41.3 Å². The van der Waals surface area contributed by atoms with Crippen LogP contribution in [0.5, 0.6) is 5.75 Å². The van der Waals surface area contributed by atoms with Crippen LogP contribution in [0.4, 0.5) is 0 Å². The number of likely N-dealkylation sites (N-methyl/N-ethyl adjacent to an activating group) is 1. The van der Waals surface area contributed by atoms with Gasteiger partial charge in [-0.2, -0.15) is 0 Å². The molecule has 0 saturated carbocycles. The highest BCUT2D eigenvalue weighted by atomic mass is 79.9. The Hall–Kier alpha value is -0.870. The molecule has 0 aromatic heterocycles. The summed E-state index contributed by atoms with van der Waals surface area (Å²) >= 11 is 3.44. The van der Waals surface area contributed by atoms with Gasteiger partial charge in [0.1, 0.15) is 5.75 Å². The summed E-state index contributed by atoms with van der Waals surface area (Å²) < 4.78 is 0.860. The Morgan fingerprint density at radius 2 is 2.12 bits per heavy atom. The lowest BCUT2D eigenvalue weighted by Gasteiger charge is -2.16. The van der Waals surface area contributed by atoms with Crippen molar-refractivity contribution in [3.63, 3.8) is 0 Å². The quantitative estimate of drug-likeness (QED) is 0.840. The van der Waals surface area contributed by atoms with Gasteiger partial charge in [0.05, 0.1) is 12.1 Å². The summed E-state index contributed by atoms with van der Waals surface area (Å²) in [6, 6.07) is 1.88. The van der Waals surface area contributed by atoms with Gasteiger partial charge in [-0.05, 0) is 37.1 Å². The van der Waals surface area contributed by atoms with Crippen LogP contribution < -0.4 is 5.32 Å². The van der Waals surface area contributed by atoms with Gasteiger partial charge < -0.3 is 10.4 Å². The number of rotatable bonds is 4. The van der Waals surface area contributed by atoms with Crippen molar-refractivity contribution >= 4 is 21.7 Å². The van der Waals surface area contributed by atoms with Gasteiger partial charge in [-0.25, -0.2) is 0 Å². The SMILES string of the molecule is CNCC(=O)c1c(C)c(Br)cc(C(C)C)c1O. The molecule has 94 valence electrons. The number of phenolic OH excluding ortho intramolecular Hbond substituents is 1. The van der Waals surface area contributed by atoms with Gasteiger partial charge in [0, 0.05) is 4.47 Å². The zero-order chi connectivity index (χ0) is 13.2. The number of Topliss-reactive ketones (excluding diaryl/α,β-unsaturated/α-hetero) is 1. The second-order valence-electron chi connectivity index (χ2n) is 4.40. The lowest BCUT2D eigenvalue weighted by atomic mass is 9.94. The highest BCUT2D eigenvalue weighted by Gasteiger charge is 2.20. The molecule has 0 aliphatic rings. The monoisotopic (exact) mass is 299 g/mol.